The van der Waals surface area contributed by atoms with Gasteiger partial charge in [0, 0.05) is 43.5 Å². The molecule has 2 aromatic heterocycles. The highest BCUT2D eigenvalue weighted by Crippen LogP contribution is 2.15. The van der Waals surface area contributed by atoms with E-state index in [0.29, 0.717) is 18.7 Å². The fraction of sp³-hybridized carbons (Fsp3) is 0.500. The lowest BCUT2D eigenvalue weighted by Crippen LogP contribution is -2.23. The molecule has 0 spiro atoms. The Morgan fingerprint density at radius 3 is 2.10 bits per heavy atom. The van der Waals surface area contributed by atoms with Gasteiger partial charge in [-0.15, -0.1) is 0 Å². The number of aliphatic hydroxyl groups excluding tert-OH is 1. The van der Waals surface area contributed by atoms with Gasteiger partial charge in [-0.25, -0.2) is 4.79 Å². The molecule has 10 heteroatoms. The quantitative estimate of drug-likeness (QED) is 0.0568. The molecular weight excluding hydrogens is 600 g/mol. The van der Waals surface area contributed by atoms with Crippen LogP contribution in [-0.2, 0) is 25.9 Å². The van der Waals surface area contributed by atoms with Gasteiger partial charge in [-0.3, -0.25) is 9.56 Å². The average Bonchev–Trinajstić information content (AvgIpc) is 3.54. The average molecular weight is 667 g/mol. The van der Waals surface area contributed by atoms with Crippen LogP contribution < -0.4 is 28.2 Å². The zero-order valence-corrected chi connectivity index (χ0v) is 31.5. The maximum atomic E-state index is 12.3. The number of fused-ring (bicyclic) bond motifs is 1. The lowest BCUT2D eigenvalue weighted by atomic mass is 10.0. The lowest BCUT2D eigenvalue weighted by molar-refractivity contribution is 0.288. The van der Waals surface area contributed by atoms with Crippen LogP contribution in [0.25, 0.3) is 16.7 Å². The highest BCUT2D eigenvalue weighted by Gasteiger charge is 2.07. The summed E-state index contributed by atoms with van der Waals surface area (Å²) in [7, 11) is 0. The number of aromatic nitrogens is 3. The molecular formula is C38H66N8O2. The van der Waals surface area contributed by atoms with Crippen LogP contribution in [0.15, 0.2) is 64.5 Å². The summed E-state index contributed by atoms with van der Waals surface area (Å²) in [6, 6.07) is 16.3. The van der Waals surface area contributed by atoms with Crippen molar-refractivity contribution in [3.8, 4) is 5.69 Å². The Morgan fingerprint density at radius 1 is 0.917 bits per heavy atom. The number of rotatable bonds is 12. The van der Waals surface area contributed by atoms with Gasteiger partial charge in [0.05, 0.1) is 5.69 Å². The Morgan fingerprint density at radius 2 is 1.54 bits per heavy atom. The van der Waals surface area contributed by atoms with Gasteiger partial charge in [-0.2, -0.15) is 4.98 Å². The Balaban J connectivity index is 0. The van der Waals surface area contributed by atoms with Crippen molar-refractivity contribution < 1.29 is 5.11 Å². The second-order valence-corrected chi connectivity index (χ2v) is 9.71. The van der Waals surface area contributed by atoms with Crippen molar-refractivity contribution in [1.29, 1.82) is 0 Å². The molecule has 10 nitrogen and oxygen atoms in total. The van der Waals surface area contributed by atoms with Crippen molar-refractivity contribution in [2.75, 3.05) is 19.7 Å². The second-order valence-electron chi connectivity index (χ2n) is 9.71. The highest BCUT2D eigenvalue weighted by atomic mass is 16.2. The van der Waals surface area contributed by atoms with Crippen molar-refractivity contribution >= 4 is 17.0 Å². The van der Waals surface area contributed by atoms with E-state index in [4.69, 9.17) is 22.3 Å². The number of nitrogens with two attached hydrogens (primary N) is 3. The van der Waals surface area contributed by atoms with Crippen molar-refractivity contribution in [3.63, 3.8) is 0 Å². The third-order valence-electron chi connectivity index (χ3n) is 6.35. The van der Waals surface area contributed by atoms with Gasteiger partial charge < -0.3 is 32.6 Å². The standard InChI is InChI=1S/C19H25N7O.C11H17NO.4C2H6/c1-2-15-10-14-12-26(19(27)25-17(14)24-15)16-6-4-13(5-7-16)11-22-8-3-9-23-18(20)21;1-9-5-10(3-2-4-13)7-11(6-9)8-12;4*1-2/h4-7,10,12,22H,2-3,8-9,11H2,1H3,(H4,20,21,23)(H,24,25,27);5-7,13H,2-4,8,12H2,1H3;4*1-2H3. The summed E-state index contributed by atoms with van der Waals surface area (Å²) in [5.74, 6) is 0.124. The monoisotopic (exact) mass is 667 g/mol. The summed E-state index contributed by atoms with van der Waals surface area (Å²) < 4.78 is 1.57. The minimum Gasteiger partial charge on any atom is -0.396 e. The van der Waals surface area contributed by atoms with E-state index in [1.807, 2.05) is 91.9 Å². The molecule has 0 atom stereocenters. The number of aromatic amines is 1. The number of aliphatic hydroxyl groups is 1. The number of guanidine groups is 1. The maximum absolute atomic E-state index is 12.3. The predicted octanol–water partition coefficient (Wildman–Crippen LogP) is 6.51. The molecule has 2 heterocycles. The fourth-order valence-electron chi connectivity index (χ4n) is 4.34. The molecule has 0 amide bonds. The third-order valence-corrected chi connectivity index (χ3v) is 6.35. The highest BCUT2D eigenvalue weighted by molar-refractivity contribution is 5.76. The number of H-pyrrole nitrogens is 1. The predicted molar refractivity (Wildman–Crippen MR) is 208 cm³/mol. The molecule has 270 valence electrons. The van der Waals surface area contributed by atoms with Gasteiger partial charge in [0.15, 0.2) is 5.96 Å². The summed E-state index contributed by atoms with van der Waals surface area (Å²) in [6.45, 7) is 23.2. The van der Waals surface area contributed by atoms with E-state index >= 15 is 0 Å². The summed E-state index contributed by atoms with van der Waals surface area (Å²) in [5.41, 5.74) is 23.2. The lowest BCUT2D eigenvalue weighted by Gasteiger charge is -2.08. The van der Waals surface area contributed by atoms with E-state index < -0.39 is 0 Å². The molecule has 9 N–H and O–H groups in total. The minimum absolute atomic E-state index is 0.124. The number of benzene rings is 2. The summed E-state index contributed by atoms with van der Waals surface area (Å²) in [4.78, 5) is 23.6. The zero-order chi connectivity index (χ0) is 36.9. The van der Waals surface area contributed by atoms with Gasteiger partial charge in [0.25, 0.3) is 0 Å². The van der Waals surface area contributed by atoms with Crippen LogP contribution in [0.4, 0.5) is 0 Å². The van der Waals surface area contributed by atoms with Crippen molar-refractivity contribution in [3.05, 3.63) is 93.2 Å². The number of nitrogens with zero attached hydrogens (tertiary/aromatic N) is 3. The van der Waals surface area contributed by atoms with Gasteiger partial charge in [0.2, 0.25) is 0 Å². The van der Waals surface area contributed by atoms with Crippen LogP contribution in [0.2, 0.25) is 0 Å². The molecule has 0 aliphatic carbocycles. The van der Waals surface area contributed by atoms with Crippen LogP contribution in [0.3, 0.4) is 0 Å². The van der Waals surface area contributed by atoms with Crippen molar-refractivity contribution in [1.82, 2.24) is 19.9 Å². The summed E-state index contributed by atoms with van der Waals surface area (Å²) in [6.07, 6.45) is 5.33. The first kappa shape index (κ1) is 46.1. The Kier molecular flexibility index (Phi) is 28.0. The number of hydrogen-bond acceptors (Lipinski definition) is 6. The molecule has 0 bridgehead atoms. The zero-order valence-electron chi connectivity index (χ0n) is 31.5. The first-order valence-electron chi connectivity index (χ1n) is 17.7. The topological polar surface area (TPSA) is 173 Å². The molecule has 0 aliphatic rings. The number of nitrogens with one attached hydrogen (secondary N) is 2. The van der Waals surface area contributed by atoms with E-state index in [-0.39, 0.29) is 18.3 Å². The van der Waals surface area contributed by atoms with Crippen LogP contribution >= 0.6 is 0 Å². The largest absolute Gasteiger partial charge is 0.396 e. The summed E-state index contributed by atoms with van der Waals surface area (Å²) in [5, 5.41) is 13.0. The van der Waals surface area contributed by atoms with Crippen LogP contribution in [0.5, 0.6) is 0 Å². The second kappa shape index (κ2) is 29.2. The molecule has 4 aromatic rings. The first-order valence-corrected chi connectivity index (χ1v) is 17.7. The molecule has 0 radical (unpaired) electrons. The van der Waals surface area contributed by atoms with Crippen LogP contribution in [0, 0.1) is 6.92 Å². The Labute approximate surface area is 290 Å². The molecule has 0 unspecified atom stereocenters. The number of aryl methyl sites for hydroxylation is 3. The number of hydrogen-bond donors (Lipinski definition) is 6. The van der Waals surface area contributed by atoms with E-state index in [1.54, 1.807) is 4.57 Å². The maximum Gasteiger partial charge on any atom is 0.354 e. The van der Waals surface area contributed by atoms with Gasteiger partial charge in [-0.05, 0) is 74.0 Å². The molecule has 0 aliphatic heterocycles. The fourth-order valence-corrected chi connectivity index (χ4v) is 4.34. The van der Waals surface area contributed by atoms with E-state index in [2.05, 4.69) is 52.3 Å². The van der Waals surface area contributed by atoms with Crippen molar-refractivity contribution in [2.24, 2.45) is 22.2 Å². The minimum atomic E-state index is -0.294. The molecule has 0 fully saturated rings. The normalized spacial score (nSPS) is 9.50. The van der Waals surface area contributed by atoms with E-state index in [9.17, 15) is 4.79 Å². The molecule has 0 saturated carbocycles. The summed E-state index contributed by atoms with van der Waals surface area (Å²) >= 11 is 0. The number of aliphatic imine (C=N–C) groups is 1. The van der Waals surface area contributed by atoms with Crippen molar-refractivity contribution in [2.45, 2.75) is 108 Å². The molecule has 0 saturated heterocycles. The Hall–Kier alpha value is -3.99. The first-order chi connectivity index (χ1) is 23.3. The van der Waals surface area contributed by atoms with E-state index in [1.165, 1.54) is 16.7 Å². The third kappa shape index (κ3) is 17.8. The smallest absolute Gasteiger partial charge is 0.354 e. The van der Waals surface area contributed by atoms with Crippen LogP contribution in [-0.4, -0.2) is 45.3 Å². The van der Waals surface area contributed by atoms with Gasteiger partial charge >= 0.3 is 5.69 Å². The molecule has 48 heavy (non-hydrogen) atoms. The molecule has 4 rings (SSSR count). The van der Waals surface area contributed by atoms with E-state index in [0.717, 1.165) is 61.1 Å². The van der Waals surface area contributed by atoms with Gasteiger partial charge in [0.1, 0.15) is 5.65 Å². The Bertz CT molecular complexity index is 1440. The SMILES string of the molecule is CC.CC.CC.CC.CCc1cc2cn(-c3ccc(CNCCCN=C(N)N)cc3)c(=O)nc2[nH]1.Cc1cc(CN)cc(CCCO)c1. The molecule has 2 aromatic carbocycles. The van der Waals surface area contributed by atoms with Crippen LogP contribution in [0.1, 0.15) is 103 Å². The van der Waals surface area contributed by atoms with Gasteiger partial charge in [-0.1, -0.05) is 98.2 Å².